The predicted molar refractivity (Wildman–Crippen MR) is 144 cm³/mol. The van der Waals surface area contributed by atoms with Crippen LogP contribution in [0.2, 0.25) is 0 Å². The highest BCUT2D eigenvalue weighted by atomic mass is 16.5. The van der Waals surface area contributed by atoms with Crippen LogP contribution in [0.15, 0.2) is 72.8 Å². The largest absolute Gasteiger partial charge is 0.493 e. The second-order valence-corrected chi connectivity index (χ2v) is 9.42. The minimum Gasteiger partial charge on any atom is -0.493 e. The number of nitrogens with one attached hydrogen (secondary N) is 1. The van der Waals surface area contributed by atoms with Crippen molar-refractivity contribution in [2.24, 2.45) is 0 Å². The summed E-state index contributed by atoms with van der Waals surface area (Å²) in [5.41, 5.74) is 4.27. The van der Waals surface area contributed by atoms with E-state index in [2.05, 4.69) is 54.7 Å². The summed E-state index contributed by atoms with van der Waals surface area (Å²) in [6.45, 7) is 2.50. The fourth-order valence-corrected chi connectivity index (χ4v) is 4.78. The Kier molecular flexibility index (Phi) is 9.26. The number of carbonyl (C=O) groups is 1. The second-order valence-electron chi connectivity index (χ2n) is 9.42. The van der Waals surface area contributed by atoms with E-state index in [4.69, 9.17) is 14.2 Å². The summed E-state index contributed by atoms with van der Waals surface area (Å²) in [5.74, 6) is 1.70. The fraction of sp³-hybridized carbons (Fsp3) is 0.387. The van der Waals surface area contributed by atoms with Gasteiger partial charge in [-0.2, -0.15) is 0 Å². The maximum absolute atomic E-state index is 12.1. The van der Waals surface area contributed by atoms with Gasteiger partial charge in [0.15, 0.2) is 11.5 Å². The molecule has 1 unspecified atom stereocenters. The molecular weight excluding hydrogens is 450 g/mol. The molecule has 1 fully saturated rings. The normalized spacial score (nSPS) is 14.3. The van der Waals surface area contributed by atoms with Gasteiger partial charge in [-0.25, -0.2) is 4.79 Å². The molecule has 1 N–H and O–H groups in total. The molecule has 0 aromatic heterocycles. The number of rotatable bonds is 11. The van der Waals surface area contributed by atoms with Crippen LogP contribution in [0.1, 0.15) is 68.1 Å². The van der Waals surface area contributed by atoms with Crippen LogP contribution < -0.4 is 14.8 Å². The SMILES string of the molecule is CCCCOC(=O)Nc1cccc(CC(c2ccccc2)c2ccc(OC)c(OC3CCCC3)c2)c1. The zero-order chi connectivity index (χ0) is 25.2. The van der Waals surface area contributed by atoms with Gasteiger partial charge in [0.05, 0.1) is 19.8 Å². The number of benzene rings is 3. The minimum atomic E-state index is -0.413. The molecular formula is C31H37NO4. The Labute approximate surface area is 214 Å². The van der Waals surface area contributed by atoms with Crippen molar-refractivity contribution < 1.29 is 19.0 Å². The van der Waals surface area contributed by atoms with E-state index in [1.54, 1.807) is 7.11 Å². The lowest BCUT2D eigenvalue weighted by Gasteiger charge is -2.22. The molecule has 0 radical (unpaired) electrons. The number of unbranched alkanes of at least 4 members (excludes halogenated alkanes) is 1. The monoisotopic (exact) mass is 487 g/mol. The van der Waals surface area contributed by atoms with Crippen LogP contribution in [0, 0.1) is 0 Å². The van der Waals surface area contributed by atoms with Crippen LogP contribution in [-0.2, 0) is 11.2 Å². The second kappa shape index (κ2) is 13.0. The third-order valence-corrected chi connectivity index (χ3v) is 6.73. The highest BCUT2D eigenvalue weighted by Gasteiger charge is 2.21. The van der Waals surface area contributed by atoms with Crippen molar-refractivity contribution in [1.82, 2.24) is 0 Å². The topological polar surface area (TPSA) is 56.8 Å². The number of hydrogen-bond acceptors (Lipinski definition) is 4. The summed E-state index contributed by atoms with van der Waals surface area (Å²) >= 11 is 0. The lowest BCUT2D eigenvalue weighted by Crippen LogP contribution is -2.14. The predicted octanol–water partition coefficient (Wildman–Crippen LogP) is 7.74. The summed E-state index contributed by atoms with van der Waals surface area (Å²) in [7, 11) is 1.69. The lowest BCUT2D eigenvalue weighted by atomic mass is 9.85. The Balaban J connectivity index is 1.57. The van der Waals surface area contributed by atoms with E-state index in [-0.39, 0.29) is 12.0 Å². The van der Waals surface area contributed by atoms with Gasteiger partial charge in [0.25, 0.3) is 0 Å². The van der Waals surface area contributed by atoms with Crippen molar-refractivity contribution in [3.8, 4) is 11.5 Å². The van der Waals surface area contributed by atoms with Crippen molar-refractivity contribution in [1.29, 1.82) is 0 Å². The molecule has 190 valence electrons. The van der Waals surface area contributed by atoms with Crippen LogP contribution in [0.5, 0.6) is 11.5 Å². The third kappa shape index (κ3) is 7.03. The highest BCUT2D eigenvalue weighted by Crippen LogP contribution is 2.37. The smallest absolute Gasteiger partial charge is 0.411 e. The van der Waals surface area contributed by atoms with Crippen molar-refractivity contribution in [2.45, 2.75) is 63.9 Å². The zero-order valence-electron chi connectivity index (χ0n) is 21.4. The number of hydrogen-bond donors (Lipinski definition) is 1. The Morgan fingerprint density at radius 3 is 2.50 bits per heavy atom. The van der Waals surface area contributed by atoms with Crippen molar-refractivity contribution in [2.75, 3.05) is 19.0 Å². The molecule has 1 saturated carbocycles. The summed E-state index contributed by atoms with van der Waals surface area (Å²) in [4.78, 5) is 12.1. The van der Waals surface area contributed by atoms with Crippen LogP contribution in [-0.4, -0.2) is 25.9 Å². The Morgan fingerprint density at radius 1 is 0.944 bits per heavy atom. The first-order chi connectivity index (χ1) is 17.7. The van der Waals surface area contributed by atoms with Crippen LogP contribution >= 0.6 is 0 Å². The summed E-state index contributed by atoms with van der Waals surface area (Å²) in [5, 5.41) is 2.86. The molecule has 1 aliphatic carbocycles. The Morgan fingerprint density at radius 2 is 1.75 bits per heavy atom. The van der Waals surface area contributed by atoms with Crippen LogP contribution in [0.4, 0.5) is 10.5 Å². The molecule has 3 aromatic rings. The molecule has 36 heavy (non-hydrogen) atoms. The molecule has 0 saturated heterocycles. The Hall–Kier alpha value is -3.47. The molecule has 3 aromatic carbocycles. The molecule has 1 atom stereocenters. The summed E-state index contributed by atoms with van der Waals surface area (Å²) < 4.78 is 17.3. The molecule has 0 heterocycles. The van der Waals surface area contributed by atoms with E-state index in [9.17, 15) is 4.79 Å². The summed E-state index contributed by atoms with van der Waals surface area (Å²) in [6, 6.07) is 24.8. The maximum atomic E-state index is 12.1. The fourth-order valence-electron chi connectivity index (χ4n) is 4.78. The van der Waals surface area contributed by atoms with Gasteiger partial charge in [-0.3, -0.25) is 5.32 Å². The van der Waals surface area contributed by atoms with Crippen LogP contribution in [0.3, 0.4) is 0 Å². The molecule has 1 amide bonds. The lowest BCUT2D eigenvalue weighted by molar-refractivity contribution is 0.160. The molecule has 5 heteroatoms. The Bertz CT molecular complexity index is 1110. The van der Waals surface area contributed by atoms with Crippen LogP contribution in [0.25, 0.3) is 0 Å². The third-order valence-electron chi connectivity index (χ3n) is 6.73. The quantitative estimate of drug-likeness (QED) is 0.281. The zero-order valence-corrected chi connectivity index (χ0v) is 21.4. The molecule has 0 aliphatic heterocycles. The van der Waals surface area contributed by atoms with E-state index < -0.39 is 6.09 Å². The molecule has 0 spiro atoms. The van der Waals surface area contributed by atoms with E-state index >= 15 is 0 Å². The van der Waals surface area contributed by atoms with E-state index in [1.807, 2.05) is 30.3 Å². The van der Waals surface area contributed by atoms with Gasteiger partial charge < -0.3 is 14.2 Å². The number of anilines is 1. The van der Waals surface area contributed by atoms with Crippen molar-refractivity contribution in [3.63, 3.8) is 0 Å². The number of methoxy groups -OCH3 is 1. The molecule has 5 nitrogen and oxygen atoms in total. The average molecular weight is 488 g/mol. The molecule has 1 aliphatic rings. The number of carbonyl (C=O) groups excluding carboxylic acids is 1. The van der Waals surface area contributed by atoms with E-state index in [0.29, 0.717) is 6.61 Å². The van der Waals surface area contributed by atoms with Crippen molar-refractivity contribution in [3.05, 3.63) is 89.5 Å². The van der Waals surface area contributed by atoms with E-state index in [1.165, 1.54) is 24.0 Å². The van der Waals surface area contributed by atoms with Gasteiger partial charge in [-0.05, 0) is 79.5 Å². The van der Waals surface area contributed by atoms with Gasteiger partial charge >= 0.3 is 6.09 Å². The average Bonchev–Trinajstić information content (AvgIpc) is 3.41. The maximum Gasteiger partial charge on any atom is 0.411 e. The first-order valence-electron chi connectivity index (χ1n) is 13.1. The highest BCUT2D eigenvalue weighted by molar-refractivity contribution is 5.84. The van der Waals surface area contributed by atoms with Gasteiger partial charge in [-0.1, -0.05) is 61.9 Å². The first-order valence-corrected chi connectivity index (χ1v) is 13.1. The molecule has 0 bridgehead atoms. The first kappa shape index (κ1) is 25.6. The van der Waals surface area contributed by atoms with Gasteiger partial charge in [0.1, 0.15) is 0 Å². The number of amides is 1. The minimum absolute atomic E-state index is 0.120. The summed E-state index contributed by atoms with van der Waals surface area (Å²) in [6.07, 6.45) is 7.09. The van der Waals surface area contributed by atoms with Gasteiger partial charge in [0, 0.05) is 11.6 Å². The van der Waals surface area contributed by atoms with Gasteiger partial charge in [0.2, 0.25) is 0 Å². The molecule has 4 rings (SSSR count). The number of ether oxygens (including phenoxy) is 3. The van der Waals surface area contributed by atoms with Crippen molar-refractivity contribution >= 4 is 11.8 Å². The standard InChI is InChI=1S/C31H37NO4/c1-3-4-19-35-31(33)32-26-14-10-11-23(20-26)21-28(24-12-6-5-7-13-24)25-17-18-29(34-2)30(22-25)36-27-15-8-9-16-27/h5-7,10-14,17-18,20,22,27-28H,3-4,8-9,15-16,19,21H2,1-2H3,(H,32,33). The van der Waals surface area contributed by atoms with E-state index in [0.717, 1.165) is 54.9 Å². The van der Waals surface area contributed by atoms with Gasteiger partial charge in [-0.15, -0.1) is 0 Å².